The number of hydrogen-bond donors (Lipinski definition) is 0. The summed E-state index contributed by atoms with van der Waals surface area (Å²) >= 11 is 0. The third-order valence-electron chi connectivity index (χ3n) is 4.44. The van der Waals surface area contributed by atoms with Crippen LogP contribution in [0.5, 0.6) is 0 Å². The molecule has 1 heterocycles. The molecule has 0 aliphatic heterocycles. The summed E-state index contributed by atoms with van der Waals surface area (Å²) < 4.78 is 6.10. The maximum absolute atomic E-state index is 12.4. The molecule has 1 aliphatic rings. The first kappa shape index (κ1) is 11.8. The molecule has 0 unspecified atom stereocenters. The van der Waals surface area contributed by atoms with Crippen molar-refractivity contribution in [1.29, 1.82) is 0 Å². The maximum atomic E-state index is 12.4. The molecule has 5 rings (SSSR count). The fourth-order valence-corrected chi connectivity index (χ4v) is 3.45. The summed E-state index contributed by atoms with van der Waals surface area (Å²) in [5.41, 5.74) is 3.44. The molecule has 1 aliphatic carbocycles. The number of allylic oxidation sites excluding steroid dienone is 1. The number of furan rings is 1. The van der Waals surface area contributed by atoms with Crippen molar-refractivity contribution < 1.29 is 9.21 Å². The number of rotatable bonds is 0. The number of carbonyl (C=O) groups is 1. The molecule has 0 spiro atoms. The van der Waals surface area contributed by atoms with E-state index in [9.17, 15) is 4.79 Å². The van der Waals surface area contributed by atoms with Crippen molar-refractivity contribution in [2.24, 2.45) is 0 Å². The highest BCUT2D eigenvalue weighted by Gasteiger charge is 2.21. The number of hydrogen-bond acceptors (Lipinski definition) is 2. The van der Waals surface area contributed by atoms with Crippen LogP contribution in [0.25, 0.3) is 38.8 Å². The van der Waals surface area contributed by atoms with Crippen molar-refractivity contribution in [3.05, 3.63) is 65.7 Å². The molecule has 1 aromatic heterocycles. The van der Waals surface area contributed by atoms with Gasteiger partial charge < -0.3 is 4.42 Å². The number of ketones is 1. The van der Waals surface area contributed by atoms with Crippen LogP contribution in [0.3, 0.4) is 0 Å². The van der Waals surface area contributed by atoms with Gasteiger partial charge >= 0.3 is 0 Å². The highest BCUT2D eigenvalue weighted by atomic mass is 16.3. The Kier molecular flexibility index (Phi) is 2.18. The Balaban J connectivity index is 2.05. The summed E-state index contributed by atoms with van der Waals surface area (Å²) in [4.78, 5) is 12.4. The van der Waals surface area contributed by atoms with Crippen LogP contribution >= 0.6 is 0 Å². The van der Waals surface area contributed by atoms with Crippen LogP contribution in [0.4, 0.5) is 0 Å². The van der Waals surface area contributed by atoms with Gasteiger partial charge in [0.15, 0.2) is 5.78 Å². The maximum Gasteiger partial charge on any atom is 0.167 e. The second-order valence-electron chi connectivity index (χ2n) is 5.70. The van der Waals surface area contributed by atoms with Gasteiger partial charge in [-0.3, -0.25) is 4.79 Å². The summed E-state index contributed by atoms with van der Waals surface area (Å²) in [5, 5.41) is 4.21. The van der Waals surface area contributed by atoms with E-state index in [1.807, 2.05) is 36.4 Å². The molecular formula is C20H12O2. The lowest BCUT2D eigenvalue weighted by molar-refractivity contribution is 0.0996. The van der Waals surface area contributed by atoms with Crippen molar-refractivity contribution >= 4 is 44.6 Å². The largest absolute Gasteiger partial charge is 0.455 e. The van der Waals surface area contributed by atoms with Crippen LogP contribution in [0.15, 0.2) is 59.0 Å². The lowest BCUT2D eigenvalue weighted by Gasteiger charge is -2.10. The van der Waals surface area contributed by atoms with Crippen molar-refractivity contribution in [1.82, 2.24) is 0 Å². The van der Waals surface area contributed by atoms with Gasteiger partial charge in [0.05, 0.1) is 0 Å². The minimum Gasteiger partial charge on any atom is -0.455 e. The molecule has 104 valence electrons. The van der Waals surface area contributed by atoms with Gasteiger partial charge in [0.25, 0.3) is 0 Å². The van der Waals surface area contributed by atoms with E-state index < -0.39 is 0 Å². The molecule has 3 aromatic carbocycles. The van der Waals surface area contributed by atoms with Gasteiger partial charge in [-0.1, -0.05) is 48.6 Å². The lowest BCUT2D eigenvalue weighted by Crippen LogP contribution is -2.04. The standard InChI is InChI=1S/C20H12O2/c21-16-7-3-5-13-9-11-17-19(18(13)16)15-10-8-12-4-1-2-6-14(12)20(15)22-17/h1-6,8-11H,7H2. The van der Waals surface area contributed by atoms with Crippen LogP contribution < -0.4 is 0 Å². The fraction of sp³-hybridized carbons (Fsp3) is 0.0500. The Hall–Kier alpha value is -2.87. The fourth-order valence-electron chi connectivity index (χ4n) is 3.45. The van der Waals surface area contributed by atoms with E-state index >= 15 is 0 Å². The molecule has 4 aromatic rings. The second kappa shape index (κ2) is 4.08. The van der Waals surface area contributed by atoms with Gasteiger partial charge in [-0.2, -0.15) is 0 Å². The molecule has 0 atom stereocenters. The summed E-state index contributed by atoms with van der Waals surface area (Å²) in [6.07, 6.45) is 4.41. The molecule has 0 N–H and O–H groups in total. The van der Waals surface area contributed by atoms with Gasteiger partial charge in [-0.15, -0.1) is 0 Å². The van der Waals surface area contributed by atoms with Crippen molar-refractivity contribution in [3.8, 4) is 0 Å². The Labute approximate surface area is 126 Å². The number of fused-ring (bicyclic) bond motifs is 7. The van der Waals surface area contributed by atoms with Crippen LogP contribution in [0, 0.1) is 0 Å². The third-order valence-corrected chi connectivity index (χ3v) is 4.44. The molecule has 0 fully saturated rings. The Morgan fingerprint density at radius 3 is 2.77 bits per heavy atom. The molecule has 0 saturated carbocycles. The van der Waals surface area contributed by atoms with Gasteiger partial charge in [-0.25, -0.2) is 0 Å². The lowest BCUT2D eigenvalue weighted by atomic mass is 9.91. The van der Waals surface area contributed by atoms with E-state index in [0.717, 1.165) is 43.8 Å². The van der Waals surface area contributed by atoms with E-state index in [0.29, 0.717) is 6.42 Å². The van der Waals surface area contributed by atoms with Crippen molar-refractivity contribution in [2.45, 2.75) is 6.42 Å². The van der Waals surface area contributed by atoms with E-state index in [4.69, 9.17) is 4.42 Å². The van der Waals surface area contributed by atoms with E-state index in [1.54, 1.807) is 0 Å². The Morgan fingerprint density at radius 1 is 0.909 bits per heavy atom. The van der Waals surface area contributed by atoms with Gasteiger partial charge in [0.2, 0.25) is 0 Å². The van der Waals surface area contributed by atoms with Gasteiger partial charge in [-0.05, 0) is 23.1 Å². The number of Topliss-reactive ketones (excluding diaryl/α,β-unsaturated/α-hetero) is 1. The SMILES string of the molecule is O=C1CC=Cc2ccc3oc4c5ccccc5ccc4c3c21. The minimum absolute atomic E-state index is 0.166. The first-order chi connectivity index (χ1) is 10.8. The van der Waals surface area contributed by atoms with E-state index in [1.165, 1.54) is 0 Å². The molecule has 0 radical (unpaired) electrons. The minimum atomic E-state index is 0.166. The molecule has 2 heteroatoms. The second-order valence-corrected chi connectivity index (χ2v) is 5.70. The highest BCUT2D eigenvalue weighted by Crippen LogP contribution is 2.38. The highest BCUT2D eigenvalue weighted by molar-refractivity contribution is 6.23. The Morgan fingerprint density at radius 2 is 1.82 bits per heavy atom. The van der Waals surface area contributed by atoms with E-state index in [-0.39, 0.29) is 5.78 Å². The summed E-state index contributed by atoms with van der Waals surface area (Å²) in [7, 11) is 0. The average molecular weight is 284 g/mol. The summed E-state index contributed by atoms with van der Waals surface area (Å²) in [6.45, 7) is 0. The summed E-state index contributed by atoms with van der Waals surface area (Å²) in [5.74, 6) is 0.166. The number of carbonyl (C=O) groups excluding carboxylic acids is 1. The predicted molar refractivity (Wildman–Crippen MR) is 89.2 cm³/mol. The smallest absolute Gasteiger partial charge is 0.167 e. The first-order valence-electron chi connectivity index (χ1n) is 7.39. The normalized spacial score (nSPS) is 14.1. The van der Waals surface area contributed by atoms with Gasteiger partial charge in [0.1, 0.15) is 11.2 Å². The average Bonchev–Trinajstić information content (AvgIpc) is 2.94. The van der Waals surface area contributed by atoms with Crippen LogP contribution in [-0.2, 0) is 0 Å². The zero-order valence-electron chi connectivity index (χ0n) is 11.8. The number of benzene rings is 3. The van der Waals surface area contributed by atoms with Crippen LogP contribution in [-0.4, -0.2) is 5.78 Å². The summed E-state index contributed by atoms with van der Waals surface area (Å²) in [6, 6.07) is 16.3. The van der Waals surface area contributed by atoms with Gasteiger partial charge in [0, 0.05) is 28.1 Å². The first-order valence-corrected chi connectivity index (χ1v) is 7.39. The molecule has 2 nitrogen and oxygen atoms in total. The molecular weight excluding hydrogens is 272 g/mol. The zero-order valence-corrected chi connectivity index (χ0v) is 11.8. The van der Waals surface area contributed by atoms with Crippen molar-refractivity contribution in [2.75, 3.05) is 0 Å². The molecule has 0 bridgehead atoms. The topological polar surface area (TPSA) is 30.2 Å². The molecule has 0 amide bonds. The van der Waals surface area contributed by atoms with Crippen LogP contribution in [0.2, 0.25) is 0 Å². The third kappa shape index (κ3) is 1.41. The zero-order chi connectivity index (χ0) is 14.7. The van der Waals surface area contributed by atoms with Crippen molar-refractivity contribution in [3.63, 3.8) is 0 Å². The van der Waals surface area contributed by atoms with Crippen LogP contribution in [0.1, 0.15) is 22.3 Å². The molecule has 0 saturated heterocycles. The van der Waals surface area contributed by atoms with E-state index in [2.05, 4.69) is 24.3 Å². The quantitative estimate of drug-likeness (QED) is 0.436. The monoisotopic (exact) mass is 284 g/mol. The Bertz CT molecular complexity index is 1110. The predicted octanol–water partition coefficient (Wildman–Crippen LogP) is 5.34. The molecule has 22 heavy (non-hydrogen) atoms.